The van der Waals surface area contributed by atoms with Gasteiger partial charge in [-0.15, -0.1) is 0 Å². The van der Waals surface area contributed by atoms with Crippen molar-refractivity contribution in [2.24, 2.45) is 11.0 Å². The lowest BCUT2D eigenvalue weighted by atomic mass is 10.2. The van der Waals surface area contributed by atoms with Crippen LogP contribution in [-0.4, -0.2) is 56.3 Å². The fraction of sp³-hybridized carbons (Fsp3) is 0.524. The zero-order valence-corrected chi connectivity index (χ0v) is 17.5. The average Bonchev–Trinajstić information content (AvgIpc) is 3.24. The van der Waals surface area contributed by atoms with Crippen molar-refractivity contribution in [3.8, 4) is 5.75 Å². The summed E-state index contributed by atoms with van der Waals surface area (Å²) >= 11 is 0. The Labute approximate surface area is 176 Å². The van der Waals surface area contributed by atoms with Gasteiger partial charge in [-0.3, -0.25) is 14.4 Å². The zero-order valence-electron chi connectivity index (χ0n) is 17.5. The van der Waals surface area contributed by atoms with E-state index in [1.54, 1.807) is 24.3 Å². The van der Waals surface area contributed by atoms with Crippen molar-refractivity contribution < 1.29 is 23.9 Å². The molecule has 2 rings (SSSR count). The van der Waals surface area contributed by atoms with Gasteiger partial charge in [0.2, 0.25) is 11.8 Å². The maximum absolute atomic E-state index is 11.8. The molecule has 0 radical (unpaired) electrons. The number of nitrogens with one attached hydrogen (secondary N) is 3. The fourth-order valence-electron chi connectivity index (χ4n) is 2.63. The molecule has 3 N–H and O–H groups in total. The van der Waals surface area contributed by atoms with Gasteiger partial charge in [0.15, 0.2) is 6.61 Å². The second-order valence-electron chi connectivity index (χ2n) is 7.46. The van der Waals surface area contributed by atoms with E-state index in [2.05, 4.69) is 21.2 Å². The highest BCUT2D eigenvalue weighted by molar-refractivity contribution is 5.97. The normalized spacial score (nSPS) is 15.9. The number of carbonyl (C=O) groups is 3. The first-order valence-corrected chi connectivity index (χ1v) is 10.1. The summed E-state index contributed by atoms with van der Waals surface area (Å²) in [6.07, 6.45) is 3.29. The third kappa shape index (κ3) is 9.51. The summed E-state index contributed by atoms with van der Waals surface area (Å²) in [6, 6.07) is 6.89. The summed E-state index contributed by atoms with van der Waals surface area (Å²) in [5.74, 6) is -0.149. The number of carbonyl (C=O) groups excluding carboxylic acids is 3. The predicted molar refractivity (Wildman–Crippen MR) is 112 cm³/mol. The molecule has 164 valence electrons. The molecule has 1 saturated heterocycles. The van der Waals surface area contributed by atoms with Crippen LogP contribution in [0.15, 0.2) is 29.4 Å². The molecule has 1 aromatic carbocycles. The third-order valence-corrected chi connectivity index (χ3v) is 4.23. The SMILES string of the molecule is CC(C)CNC(=O)CC(=O)N/N=C/c1ccc(OCC(=O)NC[C@@H]2CCCO2)cc1. The Kier molecular flexibility index (Phi) is 9.79. The van der Waals surface area contributed by atoms with Crippen molar-refractivity contribution in [1.29, 1.82) is 0 Å². The Morgan fingerprint density at radius 3 is 2.60 bits per heavy atom. The molecule has 0 aliphatic carbocycles. The molecule has 1 aliphatic rings. The van der Waals surface area contributed by atoms with Crippen LogP contribution < -0.4 is 20.8 Å². The van der Waals surface area contributed by atoms with Gasteiger partial charge >= 0.3 is 0 Å². The molecular formula is C21H30N4O5. The van der Waals surface area contributed by atoms with Crippen LogP contribution in [0, 0.1) is 5.92 Å². The van der Waals surface area contributed by atoms with E-state index < -0.39 is 5.91 Å². The highest BCUT2D eigenvalue weighted by Gasteiger charge is 2.16. The maximum Gasteiger partial charge on any atom is 0.258 e. The Balaban J connectivity index is 1.65. The first-order valence-electron chi connectivity index (χ1n) is 10.1. The lowest BCUT2D eigenvalue weighted by Gasteiger charge is -2.11. The minimum Gasteiger partial charge on any atom is -0.484 e. The number of benzene rings is 1. The zero-order chi connectivity index (χ0) is 21.8. The van der Waals surface area contributed by atoms with E-state index in [1.807, 2.05) is 13.8 Å². The minimum atomic E-state index is -0.485. The monoisotopic (exact) mass is 418 g/mol. The van der Waals surface area contributed by atoms with Crippen LogP contribution in [0.25, 0.3) is 0 Å². The maximum atomic E-state index is 11.8. The standard InChI is InChI=1S/C21H30N4O5/c1-15(2)11-22-19(26)10-20(27)25-24-12-16-5-7-17(8-6-16)30-14-21(28)23-13-18-4-3-9-29-18/h5-8,12,15,18H,3-4,9-11,13-14H2,1-2H3,(H,22,26)(H,23,28)(H,25,27)/b24-12+/t18-/m0/s1. The van der Waals surface area contributed by atoms with Gasteiger partial charge in [-0.1, -0.05) is 13.8 Å². The van der Waals surface area contributed by atoms with Crippen LogP contribution in [-0.2, 0) is 19.1 Å². The molecule has 9 nitrogen and oxygen atoms in total. The van der Waals surface area contributed by atoms with Gasteiger partial charge in [0, 0.05) is 19.7 Å². The largest absolute Gasteiger partial charge is 0.484 e. The second kappa shape index (κ2) is 12.6. The molecular weight excluding hydrogens is 388 g/mol. The van der Waals surface area contributed by atoms with Gasteiger partial charge in [0.25, 0.3) is 5.91 Å². The number of ether oxygens (including phenoxy) is 2. The number of nitrogens with zero attached hydrogens (tertiary/aromatic N) is 1. The lowest BCUT2D eigenvalue weighted by molar-refractivity contribution is -0.129. The molecule has 1 heterocycles. The van der Waals surface area contributed by atoms with Crippen molar-refractivity contribution in [2.75, 3.05) is 26.3 Å². The van der Waals surface area contributed by atoms with Crippen molar-refractivity contribution in [3.05, 3.63) is 29.8 Å². The first-order chi connectivity index (χ1) is 14.4. The molecule has 0 spiro atoms. The van der Waals surface area contributed by atoms with Crippen LogP contribution >= 0.6 is 0 Å². The Bertz CT molecular complexity index is 727. The Hall–Kier alpha value is -2.94. The summed E-state index contributed by atoms with van der Waals surface area (Å²) in [5.41, 5.74) is 3.05. The highest BCUT2D eigenvalue weighted by Crippen LogP contribution is 2.12. The molecule has 9 heteroatoms. The molecule has 0 unspecified atom stereocenters. The summed E-state index contributed by atoms with van der Waals surface area (Å²) in [4.78, 5) is 35.1. The molecule has 1 fully saturated rings. The van der Waals surface area contributed by atoms with Crippen molar-refractivity contribution in [3.63, 3.8) is 0 Å². The average molecular weight is 418 g/mol. The van der Waals surface area contributed by atoms with Crippen LogP contribution in [0.5, 0.6) is 5.75 Å². The van der Waals surface area contributed by atoms with Crippen molar-refractivity contribution in [2.45, 2.75) is 39.2 Å². The molecule has 0 aromatic heterocycles. The van der Waals surface area contributed by atoms with Crippen LogP contribution in [0.3, 0.4) is 0 Å². The van der Waals surface area contributed by atoms with Gasteiger partial charge in [0.05, 0.1) is 12.3 Å². The second-order valence-corrected chi connectivity index (χ2v) is 7.46. The summed E-state index contributed by atoms with van der Waals surface area (Å²) in [7, 11) is 0. The smallest absolute Gasteiger partial charge is 0.258 e. The molecule has 30 heavy (non-hydrogen) atoms. The van der Waals surface area contributed by atoms with Crippen LogP contribution in [0.2, 0.25) is 0 Å². The summed E-state index contributed by atoms with van der Waals surface area (Å²) in [5, 5.41) is 9.30. The lowest BCUT2D eigenvalue weighted by Crippen LogP contribution is -2.35. The number of amides is 3. The fourth-order valence-corrected chi connectivity index (χ4v) is 2.63. The van der Waals surface area contributed by atoms with E-state index in [9.17, 15) is 14.4 Å². The van der Waals surface area contributed by atoms with Gasteiger partial charge in [-0.2, -0.15) is 5.10 Å². The van der Waals surface area contributed by atoms with Crippen molar-refractivity contribution >= 4 is 23.9 Å². The Morgan fingerprint density at radius 2 is 1.93 bits per heavy atom. The summed E-state index contributed by atoms with van der Waals surface area (Å²) in [6.45, 7) is 5.66. The van der Waals surface area contributed by atoms with Gasteiger partial charge in [-0.25, -0.2) is 5.43 Å². The molecule has 3 amide bonds. The summed E-state index contributed by atoms with van der Waals surface area (Å²) < 4.78 is 10.9. The van der Waals surface area contributed by atoms with Crippen LogP contribution in [0.1, 0.15) is 38.7 Å². The van der Waals surface area contributed by atoms with E-state index >= 15 is 0 Å². The van der Waals surface area contributed by atoms with Gasteiger partial charge in [-0.05, 0) is 48.6 Å². The topological polar surface area (TPSA) is 118 Å². The highest BCUT2D eigenvalue weighted by atomic mass is 16.5. The number of rotatable bonds is 11. The molecule has 0 saturated carbocycles. The van der Waals surface area contributed by atoms with E-state index in [0.29, 0.717) is 24.8 Å². The predicted octanol–water partition coefficient (Wildman–Crippen LogP) is 0.973. The van der Waals surface area contributed by atoms with E-state index in [-0.39, 0.29) is 30.9 Å². The van der Waals surface area contributed by atoms with Gasteiger partial charge in [0.1, 0.15) is 12.2 Å². The van der Waals surface area contributed by atoms with Crippen molar-refractivity contribution in [1.82, 2.24) is 16.1 Å². The molecule has 1 aromatic rings. The molecule has 0 bridgehead atoms. The van der Waals surface area contributed by atoms with E-state index in [1.165, 1.54) is 6.21 Å². The number of hydrazone groups is 1. The third-order valence-electron chi connectivity index (χ3n) is 4.23. The van der Waals surface area contributed by atoms with Gasteiger partial charge < -0.3 is 20.1 Å². The number of hydrogen-bond acceptors (Lipinski definition) is 6. The quantitative estimate of drug-likeness (QED) is 0.281. The number of hydrogen-bond donors (Lipinski definition) is 3. The van der Waals surface area contributed by atoms with E-state index in [4.69, 9.17) is 9.47 Å². The molecule has 1 atom stereocenters. The Morgan fingerprint density at radius 1 is 1.17 bits per heavy atom. The first kappa shape index (κ1) is 23.3. The minimum absolute atomic E-state index is 0.0743. The van der Waals surface area contributed by atoms with E-state index in [0.717, 1.165) is 25.0 Å². The molecule has 1 aliphatic heterocycles. The van der Waals surface area contributed by atoms with Crippen LogP contribution in [0.4, 0.5) is 0 Å².